The molecule has 0 unspecified atom stereocenters. The van der Waals surface area contributed by atoms with Gasteiger partial charge in [0.15, 0.2) is 0 Å². The monoisotopic (exact) mass is 205 g/mol. The molecule has 0 aliphatic carbocycles. The maximum atomic E-state index is 8.63. The van der Waals surface area contributed by atoms with E-state index in [1.165, 1.54) is 4.80 Å². The molecule has 54 valence electrons. The van der Waals surface area contributed by atoms with Gasteiger partial charge in [0.2, 0.25) is 0 Å². The molecule has 0 amide bonds. The van der Waals surface area contributed by atoms with Crippen LogP contribution in [0.2, 0.25) is 0 Å². The molecule has 10 heavy (non-hydrogen) atoms. The van der Waals surface area contributed by atoms with E-state index in [0.29, 0.717) is 4.60 Å². The molecule has 1 aromatic rings. The molecule has 0 aliphatic heterocycles. The van der Waals surface area contributed by atoms with E-state index in [9.17, 15) is 0 Å². The molecule has 0 fully saturated rings. The fourth-order valence-corrected chi connectivity index (χ4v) is 1.07. The van der Waals surface area contributed by atoms with Crippen LogP contribution in [0.1, 0.15) is 0 Å². The second-order valence-corrected chi connectivity index (χ2v) is 2.49. The van der Waals surface area contributed by atoms with Gasteiger partial charge in [-0.2, -0.15) is 9.90 Å². The first kappa shape index (κ1) is 7.71. The fourth-order valence-electron chi connectivity index (χ4n) is 0.556. The van der Waals surface area contributed by atoms with Crippen LogP contribution in [-0.4, -0.2) is 32.2 Å². The van der Waals surface area contributed by atoms with E-state index in [1.54, 1.807) is 7.05 Å². The van der Waals surface area contributed by atoms with Crippen molar-refractivity contribution in [2.24, 2.45) is 7.05 Å². The van der Waals surface area contributed by atoms with E-state index >= 15 is 0 Å². The molecule has 0 spiro atoms. The average Bonchev–Trinajstić information content (AvgIpc) is 2.10. The van der Waals surface area contributed by atoms with Crippen molar-refractivity contribution in [2.45, 2.75) is 0 Å². The molecule has 1 heterocycles. The number of nitrogens with zero attached hydrogens (tertiary/aromatic N) is 3. The molecule has 0 radical (unpaired) electrons. The molecule has 5 nitrogen and oxygen atoms in total. The van der Waals surface area contributed by atoms with E-state index in [-0.39, 0.29) is 5.59 Å². The zero-order chi connectivity index (χ0) is 7.72. The van der Waals surface area contributed by atoms with Crippen LogP contribution in [0, 0.1) is 0 Å². The van der Waals surface area contributed by atoms with Crippen LogP contribution in [-0.2, 0) is 7.05 Å². The Morgan fingerprint density at radius 1 is 1.50 bits per heavy atom. The summed E-state index contributed by atoms with van der Waals surface area (Å²) in [6, 6.07) is 0. The lowest BCUT2D eigenvalue weighted by molar-refractivity contribution is 0.423. The van der Waals surface area contributed by atoms with Crippen molar-refractivity contribution in [3.8, 4) is 0 Å². The Balaban J connectivity index is 3.03. The van der Waals surface area contributed by atoms with Gasteiger partial charge < -0.3 is 10.0 Å². The predicted molar refractivity (Wildman–Crippen MR) is 38.5 cm³/mol. The third kappa shape index (κ3) is 1.36. The molecule has 0 saturated heterocycles. The highest BCUT2D eigenvalue weighted by molar-refractivity contribution is 9.10. The molecular weight excluding hydrogens is 201 g/mol. The number of hydrogen-bond donors (Lipinski definition) is 2. The van der Waals surface area contributed by atoms with E-state index in [0.717, 1.165) is 0 Å². The summed E-state index contributed by atoms with van der Waals surface area (Å²) in [5.74, 6) is 0. The number of rotatable bonds is 1. The van der Waals surface area contributed by atoms with E-state index in [1.807, 2.05) is 0 Å². The minimum atomic E-state index is -1.57. The fraction of sp³-hybridized carbons (Fsp3) is 0.333. The zero-order valence-corrected chi connectivity index (χ0v) is 6.78. The van der Waals surface area contributed by atoms with Crippen LogP contribution in [0.25, 0.3) is 0 Å². The van der Waals surface area contributed by atoms with Gasteiger partial charge in [-0.25, -0.2) is 0 Å². The second kappa shape index (κ2) is 2.69. The van der Waals surface area contributed by atoms with Gasteiger partial charge in [-0.05, 0) is 15.9 Å². The molecule has 7 heteroatoms. The average molecular weight is 206 g/mol. The predicted octanol–water partition coefficient (Wildman–Crippen LogP) is -1.74. The Morgan fingerprint density at radius 2 is 2.10 bits per heavy atom. The van der Waals surface area contributed by atoms with Crippen LogP contribution in [0.15, 0.2) is 4.60 Å². The minimum Gasteiger partial charge on any atom is -0.422 e. The van der Waals surface area contributed by atoms with Gasteiger partial charge in [-0.15, -0.1) is 5.10 Å². The Morgan fingerprint density at radius 3 is 2.30 bits per heavy atom. The van der Waals surface area contributed by atoms with Crippen LogP contribution in [0.3, 0.4) is 0 Å². The highest BCUT2D eigenvalue weighted by Gasteiger charge is 2.19. The molecule has 1 rings (SSSR count). The van der Waals surface area contributed by atoms with Gasteiger partial charge in [0.1, 0.15) is 10.2 Å². The number of hydrogen-bond acceptors (Lipinski definition) is 4. The molecule has 0 atom stereocenters. The largest absolute Gasteiger partial charge is 0.513 e. The number of aromatic nitrogens is 3. The molecule has 0 saturated carbocycles. The third-order valence-corrected chi connectivity index (χ3v) is 1.51. The standard InChI is InChI=1S/C3H5BBrN3O2/c1-8-6-2(4(9)10)3(5)7-8/h9-10H,1H3. The Kier molecular flexibility index (Phi) is 2.07. The molecule has 2 N–H and O–H groups in total. The number of halogens is 1. The minimum absolute atomic E-state index is 0.127. The lowest BCUT2D eigenvalue weighted by atomic mass is 9.87. The van der Waals surface area contributed by atoms with Crippen molar-refractivity contribution in [1.29, 1.82) is 0 Å². The quantitative estimate of drug-likeness (QED) is 0.534. The molecule has 0 aromatic carbocycles. The molecule has 1 aromatic heterocycles. The van der Waals surface area contributed by atoms with Crippen molar-refractivity contribution in [3.05, 3.63) is 4.60 Å². The van der Waals surface area contributed by atoms with E-state index < -0.39 is 7.12 Å². The summed E-state index contributed by atoms with van der Waals surface area (Å²) in [6.07, 6.45) is 0. The lowest BCUT2D eigenvalue weighted by Crippen LogP contribution is -2.32. The summed E-state index contributed by atoms with van der Waals surface area (Å²) < 4.78 is 0.352. The summed E-state index contributed by atoms with van der Waals surface area (Å²) in [5.41, 5.74) is 0.127. The van der Waals surface area contributed by atoms with E-state index in [2.05, 4.69) is 26.1 Å². The van der Waals surface area contributed by atoms with Crippen molar-refractivity contribution in [1.82, 2.24) is 15.0 Å². The summed E-state index contributed by atoms with van der Waals surface area (Å²) in [5, 5.41) is 24.7. The van der Waals surface area contributed by atoms with Crippen LogP contribution >= 0.6 is 15.9 Å². The first-order chi connectivity index (χ1) is 4.61. The zero-order valence-electron chi connectivity index (χ0n) is 5.19. The highest BCUT2D eigenvalue weighted by Crippen LogP contribution is 1.98. The van der Waals surface area contributed by atoms with Gasteiger partial charge in [0.25, 0.3) is 0 Å². The maximum Gasteiger partial charge on any atom is 0.513 e. The first-order valence-electron chi connectivity index (χ1n) is 2.54. The normalized spacial score (nSPS) is 10.0. The van der Waals surface area contributed by atoms with Crippen molar-refractivity contribution < 1.29 is 10.0 Å². The third-order valence-electron chi connectivity index (χ3n) is 0.941. The van der Waals surface area contributed by atoms with Crippen LogP contribution < -0.4 is 5.59 Å². The van der Waals surface area contributed by atoms with Gasteiger partial charge >= 0.3 is 7.12 Å². The first-order valence-corrected chi connectivity index (χ1v) is 3.33. The highest BCUT2D eigenvalue weighted by atomic mass is 79.9. The SMILES string of the molecule is Cn1nc(Br)c(B(O)O)n1. The summed E-state index contributed by atoms with van der Waals surface area (Å²) >= 11 is 3.00. The number of aryl methyl sites for hydroxylation is 1. The smallest absolute Gasteiger partial charge is 0.422 e. The van der Waals surface area contributed by atoms with Crippen LogP contribution in [0.4, 0.5) is 0 Å². The Bertz CT molecular complexity index is 238. The van der Waals surface area contributed by atoms with Crippen molar-refractivity contribution in [2.75, 3.05) is 0 Å². The second-order valence-electron chi connectivity index (χ2n) is 1.74. The van der Waals surface area contributed by atoms with Gasteiger partial charge in [0.05, 0.1) is 0 Å². The van der Waals surface area contributed by atoms with Crippen LogP contribution in [0.5, 0.6) is 0 Å². The van der Waals surface area contributed by atoms with Gasteiger partial charge in [0, 0.05) is 7.05 Å². The maximum absolute atomic E-state index is 8.63. The van der Waals surface area contributed by atoms with Crippen molar-refractivity contribution >= 4 is 28.6 Å². The summed E-state index contributed by atoms with van der Waals surface area (Å²) in [7, 11) is 0.0273. The van der Waals surface area contributed by atoms with E-state index in [4.69, 9.17) is 10.0 Å². The topological polar surface area (TPSA) is 71.2 Å². The Labute approximate surface area is 65.9 Å². The Hall–Kier alpha value is -0.395. The molecule has 0 bridgehead atoms. The van der Waals surface area contributed by atoms with Gasteiger partial charge in [-0.1, -0.05) is 0 Å². The summed E-state index contributed by atoms with van der Waals surface area (Å²) in [6.45, 7) is 0. The van der Waals surface area contributed by atoms with Crippen molar-refractivity contribution in [3.63, 3.8) is 0 Å². The van der Waals surface area contributed by atoms with Gasteiger partial charge in [-0.3, -0.25) is 0 Å². The summed E-state index contributed by atoms with van der Waals surface area (Å²) in [4.78, 5) is 1.25. The lowest BCUT2D eigenvalue weighted by Gasteiger charge is -1.88. The molecule has 0 aliphatic rings. The molecular formula is C3H5BBrN3O2.